The molecule has 4 aromatic rings. The Hall–Kier alpha value is -3.89. The lowest BCUT2D eigenvalue weighted by Crippen LogP contribution is -2.18. The van der Waals surface area contributed by atoms with Crippen LogP contribution < -0.4 is 20.3 Å². The summed E-state index contributed by atoms with van der Waals surface area (Å²) >= 11 is 5.87. The first kappa shape index (κ1) is 22.3. The van der Waals surface area contributed by atoms with E-state index in [1.165, 1.54) is 31.6 Å². The average Bonchev–Trinajstić information content (AvgIpc) is 3.27. The number of amides is 1. The van der Waals surface area contributed by atoms with Gasteiger partial charge in [-0.2, -0.15) is 0 Å². The summed E-state index contributed by atoms with van der Waals surface area (Å²) in [6, 6.07) is 10.9. The van der Waals surface area contributed by atoms with Crippen molar-refractivity contribution in [2.45, 2.75) is 12.8 Å². The minimum atomic E-state index is -0.523. The van der Waals surface area contributed by atoms with Crippen LogP contribution >= 0.6 is 11.6 Å². The number of hydroxylamine groups is 1. The van der Waals surface area contributed by atoms with Gasteiger partial charge in [-0.1, -0.05) is 11.6 Å². The Morgan fingerprint density at radius 3 is 2.79 bits per heavy atom. The van der Waals surface area contributed by atoms with Gasteiger partial charge >= 0.3 is 0 Å². The van der Waals surface area contributed by atoms with Gasteiger partial charge in [0.25, 0.3) is 5.95 Å². The van der Waals surface area contributed by atoms with Crippen molar-refractivity contribution in [2.75, 3.05) is 12.4 Å². The van der Waals surface area contributed by atoms with E-state index < -0.39 is 11.7 Å². The third-order valence-electron chi connectivity index (χ3n) is 4.67. The van der Waals surface area contributed by atoms with Crippen LogP contribution in [-0.4, -0.2) is 28.2 Å². The molecule has 0 atom stereocenters. The summed E-state index contributed by atoms with van der Waals surface area (Å²) in [7, 11) is 1.50. The number of fused-ring (bicyclic) bond motifs is 1. The van der Waals surface area contributed by atoms with E-state index in [0.717, 1.165) is 0 Å². The fourth-order valence-corrected chi connectivity index (χ4v) is 3.24. The van der Waals surface area contributed by atoms with Gasteiger partial charge in [-0.3, -0.25) is 10.0 Å². The van der Waals surface area contributed by atoms with Crippen molar-refractivity contribution >= 4 is 39.9 Å². The Morgan fingerprint density at radius 2 is 2.03 bits per heavy atom. The lowest BCUT2D eigenvalue weighted by Gasteiger charge is -2.13. The molecule has 0 aliphatic heterocycles. The van der Waals surface area contributed by atoms with Crippen LogP contribution in [0.3, 0.4) is 0 Å². The van der Waals surface area contributed by atoms with E-state index >= 15 is 0 Å². The molecule has 1 amide bonds. The second kappa shape index (κ2) is 9.72. The number of furan rings is 1. The minimum absolute atomic E-state index is 0.0193. The van der Waals surface area contributed by atoms with Crippen molar-refractivity contribution < 1.29 is 28.3 Å². The third-order valence-corrected chi connectivity index (χ3v) is 4.96. The van der Waals surface area contributed by atoms with E-state index in [9.17, 15) is 9.18 Å². The highest BCUT2D eigenvalue weighted by Crippen LogP contribution is 2.38. The molecule has 170 valence electrons. The number of aromatic nitrogens is 2. The first-order valence-corrected chi connectivity index (χ1v) is 10.1. The molecule has 0 aliphatic carbocycles. The Labute approximate surface area is 192 Å². The molecule has 2 aromatic carbocycles. The molecule has 33 heavy (non-hydrogen) atoms. The van der Waals surface area contributed by atoms with Crippen molar-refractivity contribution in [3.05, 3.63) is 65.4 Å². The highest BCUT2D eigenvalue weighted by molar-refractivity contribution is 6.31. The third kappa shape index (κ3) is 5.13. The Kier molecular flexibility index (Phi) is 6.57. The highest BCUT2D eigenvalue weighted by Gasteiger charge is 2.15. The average molecular weight is 473 g/mol. The molecule has 4 rings (SSSR count). The molecule has 0 spiro atoms. The number of benzene rings is 2. The van der Waals surface area contributed by atoms with E-state index in [0.29, 0.717) is 39.7 Å². The SMILES string of the molecule is COc1cc2ncnc(Nc3ccc(F)c(Cl)c3)c2cc1Oc1ccc(CCC(=O)NO)o1. The van der Waals surface area contributed by atoms with Gasteiger partial charge in [-0.15, -0.1) is 0 Å². The number of aryl methyl sites for hydroxylation is 1. The highest BCUT2D eigenvalue weighted by atomic mass is 35.5. The van der Waals surface area contributed by atoms with Crippen LogP contribution in [0.5, 0.6) is 17.4 Å². The number of rotatable bonds is 8. The van der Waals surface area contributed by atoms with Gasteiger partial charge in [0, 0.05) is 36.0 Å². The van der Waals surface area contributed by atoms with Crippen LogP contribution in [0, 0.1) is 5.82 Å². The summed E-state index contributed by atoms with van der Waals surface area (Å²) in [6.45, 7) is 0. The zero-order chi connectivity index (χ0) is 23.4. The number of halogens is 2. The number of nitrogens with one attached hydrogen (secondary N) is 2. The molecule has 0 saturated carbocycles. The predicted octanol–water partition coefficient (Wildman–Crippen LogP) is 5.00. The number of nitrogens with zero attached hydrogens (tertiary/aromatic N) is 2. The fourth-order valence-electron chi connectivity index (χ4n) is 3.06. The second-order valence-electron chi connectivity index (χ2n) is 6.85. The molecule has 0 aliphatic rings. The minimum Gasteiger partial charge on any atom is -0.493 e. The molecule has 9 nitrogen and oxygen atoms in total. The second-order valence-corrected chi connectivity index (χ2v) is 7.26. The molecule has 0 unspecified atom stereocenters. The maximum Gasteiger partial charge on any atom is 0.290 e. The molecule has 3 N–H and O–H groups in total. The normalized spacial score (nSPS) is 10.8. The maximum absolute atomic E-state index is 13.5. The first-order chi connectivity index (χ1) is 16.0. The smallest absolute Gasteiger partial charge is 0.290 e. The van der Waals surface area contributed by atoms with Gasteiger partial charge in [0.05, 0.1) is 17.6 Å². The largest absolute Gasteiger partial charge is 0.493 e. The molecule has 0 radical (unpaired) electrons. The Bertz CT molecular complexity index is 1310. The number of carbonyl (C=O) groups excluding carboxylic acids is 1. The molecule has 0 saturated heterocycles. The van der Waals surface area contributed by atoms with Crippen molar-refractivity contribution in [1.82, 2.24) is 15.4 Å². The van der Waals surface area contributed by atoms with Crippen LogP contribution in [0.4, 0.5) is 15.9 Å². The Morgan fingerprint density at radius 1 is 1.18 bits per heavy atom. The standard InChI is InChI=1S/C22H18ClFN4O5/c1-31-18-10-17-14(22(26-11-25-17)27-12-2-5-16(24)15(23)8-12)9-19(18)33-21-7-4-13(32-21)3-6-20(29)28-30/h2,4-5,7-11,30H,3,6H2,1H3,(H,28,29)(H,25,26,27). The summed E-state index contributed by atoms with van der Waals surface area (Å²) in [5, 5.41) is 12.3. The number of hydrogen-bond donors (Lipinski definition) is 3. The van der Waals surface area contributed by atoms with Crippen LogP contribution in [0.15, 0.2) is 53.2 Å². The topological polar surface area (TPSA) is 119 Å². The van der Waals surface area contributed by atoms with Gasteiger partial charge in [0.2, 0.25) is 5.91 Å². The monoisotopic (exact) mass is 472 g/mol. The van der Waals surface area contributed by atoms with Crippen LogP contribution in [0.2, 0.25) is 5.02 Å². The van der Waals surface area contributed by atoms with Gasteiger partial charge in [-0.25, -0.2) is 19.8 Å². The number of anilines is 2. The van der Waals surface area contributed by atoms with E-state index in [1.54, 1.807) is 29.7 Å². The van der Waals surface area contributed by atoms with E-state index in [-0.39, 0.29) is 23.8 Å². The zero-order valence-corrected chi connectivity index (χ0v) is 18.0. The first-order valence-electron chi connectivity index (χ1n) is 9.71. The van der Waals surface area contributed by atoms with Crippen molar-refractivity contribution in [2.24, 2.45) is 0 Å². The maximum atomic E-state index is 13.5. The summed E-state index contributed by atoms with van der Waals surface area (Å²) in [5.41, 5.74) is 2.70. The van der Waals surface area contributed by atoms with Crippen LogP contribution in [0.25, 0.3) is 10.9 Å². The molecule has 2 aromatic heterocycles. The van der Waals surface area contributed by atoms with E-state index in [2.05, 4.69) is 15.3 Å². The summed E-state index contributed by atoms with van der Waals surface area (Å²) in [6.07, 6.45) is 1.73. The Balaban J connectivity index is 1.63. The van der Waals surface area contributed by atoms with Crippen molar-refractivity contribution in [1.29, 1.82) is 0 Å². The molecular weight excluding hydrogens is 455 g/mol. The summed E-state index contributed by atoms with van der Waals surface area (Å²) < 4.78 is 30.4. The van der Waals surface area contributed by atoms with Gasteiger partial charge in [0.15, 0.2) is 11.5 Å². The van der Waals surface area contributed by atoms with Gasteiger partial charge in [0.1, 0.15) is 23.7 Å². The molecular formula is C22H18ClFN4O5. The lowest BCUT2D eigenvalue weighted by molar-refractivity contribution is -0.129. The number of methoxy groups -OCH3 is 1. The zero-order valence-electron chi connectivity index (χ0n) is 17.3. The van der Waals surface area contributed by atoms with E-state index in [1.807, 2.05) is 0 Å². The summed E-state index contributed by atoms with van der Waals surface area (Å²) in [4.78, 5) is 19.7. The molecule has 2 heterocycles. The predicted molar refractivity (Wildman–Crippen MR) is 118 cm³/mol. The van der Waals surface area contributed by atoms with Crippen molar-refractivity contribution in [3.63, 3.8) is 0 Å². The van der Waals surface area contributed by atoms with Gasteiger partial charge < -0.3 is 19.2 Å². The fraction of sp³-hybridized carbons (Fsp3) is 0.136. The number of carbonyl (C=O) groups is 1. The molecule has 11 heteroatoms. The van der Waals surface area contributed by atoms with Crippen molar-refractivity contribution in [3.8, 4) is 17.4 Å². The molecule has 0 bridgehead atoms. The van der Waals surface area contributed by atoms with Crippen LogP contribution in [-0.2, 0) is 11.2 Å². The quantitative estimate of drug-likeness (QED) is 0.242. The van der Waals surface area contributed by atoms with Crippen LogP contribution in [0.1, 0.15) is 12.2 Å². The van der Waals surface area contributed by atoms with E-state index in [4.69, 9.17) is 30.7 Å². The number of hydrogen-bond acceptors (Lipinski definition) is 8. The lowest BCUT2D eigenvalue weighted by atomic mass is 10.2. The van der Waals surface area contributed by atoms with Gasteiger partial charge in [-0.05, 0) is 30.3 Å². The molecule has 0 fully saturated rings. The summed E-state index contributed by atoms with van der Waals surface area (Å²) in [5.74, 6) is 0.849. The number of ether oxygens (including phenoxy) is 2.